The molecule has 0 aromatic heterocycles. The van der Waals surface area contributed by atoms with Gasteiger partial charge in [-0.2, -0.15) is 0 Å². The van der Waals surface area contributed by atoms with E-state index in [0.717, 1.165) is 27.2 Å². The first kappa shape index (κ1) is 22.3. The first-order valence-electron chi connectivity index (χ1n) is 8.88. The molecule has 0 spiro atoms. The smallest absolute Gasteiger partial charge is 0.262 e. The van der Waals surface area contributed by atoms with Crippen molar-refractivity contribution in [2.24, 2.45) is 0 Å². The van der Waals surface area contributed by atoms with Gasteiger partial charge in [0.1, 0.15) is 4.90 Å². The molecule has 3 aromatic carbocycles. The number of aryl methyl sites for hydroxylation is 2. The molecular weight excluding hydrogens is 492 g/mol. The van der Waals surface area contributed by atoms with Crippen molar-refractivity contribution in [1.82, 2.24) is 0 Å². The fourth-order valence-corrected chi connectivity index (χ4v) is 5.34. The van der Waals surface area contributed by atoms with Gasteiger partial charge in [0.25, 0.3) is 15.7 Å². The van der Waals surface area contributed by atoms with Crippen molar-refractivity contribution in [1.29, 1.82) is 0 Å². The number of benzene rings is 3. The van der Waals surface area contributed by atoms with Gasteiger partial charge >= 0.3 is 0 Å². The third-order valence-corrected chi connectivity index (χ3v) is 7.32. The van der Waals surface area contributed by atoms with Crippen molar-refractivity contribution in [3.63, 3.8) is 0 Å². The summed E-state index contributed by atoms with van der Waals surface area (Å²) >= 11 is 9.54. The summed E-state index contributed by atoms with van der Waals surface area (Å²) in [6, 6.07) is 16.1. The molecule has 3 rings (SSSR count). The largest absolute Gasteiger partial charge is 0.270 e. The van der Waals surface area contributed by atoms with Crippen LogP contribution in [0.2, 0.25) is 5.02 Å². The summed E-state index contributed by atoms with van der Waals surface area (Å²) in [5.74, 6) is 0. The number of non-ortho nitro benzene ring substituents is 1. The molecule has 0 saturated heterocycles. The van der Waals surface area contributed by atoms with E-state index < -0.39 is 14.9 Å². The highest BCUT2D eigenvalue weighted by molar-refractivity contribution is 9.10. The standard InChI is InChI=1S/C21H18BrClN2O4S/c1-14-3-10-20(15(2)11-14)24(13-16-4-6-17(22)7-5-16)30(28,29)21-12-18(25(26)27)8-9-19(21)23/h3-12H,13H2,1-2H3. The second-order valence-electron chi connectivity index (χ2n) is 6.80. The van der Waals surface area contributed by atoms with Crippen molar-refractivity contribution >= 4 is 48.9 Å². The number of hydrogen-bond donors (Lipinski definition) is 0. The molecule has 6 nitrogen and oxygen atoms in total. The molecule has 0 aliphatic rings. The van der Waals surface area contributed by atoms with Crippen LogP contribution in [-0.2, 0) is 16.6 Å². The predicted octanol–water partition coefficient (Wildman–Crippen LogP) is 6.02. The number of hydrogen-bond acceptors (Lipinski definition) is 4. The number of sulfonamides is 1. The first-order valence-corrected chi connectivity index (χ1v) is 11.5. The van der Waals surface area contributed by atoms with E-state index in [1.807, 2.05) is 50.2 Å². The van der Waals surface area contributed by atoms with E-state index in [1.165, 1.54) is 16.4 Å². The van der Waals surface area contributed by atoms with Gasteiger partial charge in [-0.25, -0.2) is 8.42 Å². The number of nitro benzene ring substituents is 1. The maximum absolute atomic E-state index is 13.6. The molecule has 0 atom stereocenters. The quantitative estimate of drug-likeness (QED) is 0.300. The molecule has 0 N–H and O–H groups in total. The summed E-state index contributed by atoms with van der Waals surface area (Å²) in [4.78, 5) is 10.2. The fourth-order valence-electron chi connectivity index (χ4n) is 3.06. The molecule has 0 radical (unpaired) electrons. The van der Waals surface area contributed by atoms with Crippen molar-refractivity contribution in [3.05, 3.63) is 97.0 Å². The Morgan fingerprint density at radius 1 is 1.03 bits per heavy atom. The van der Waals surface area contributed by atoms with Crippen LogP contribution in [0.5, 0.6) is 0 Å². The second-order valence-corrected chi connectivity index (χ2v) is 9.95. The molecule has 0 fully saturated rings. The lowest BCUT2D eigenvalue weighted by Gasteiger charge is -2.27. The lowest BCUT2D eigenvalue weighted by Crippen LogP contribution is -2.31. The topological polar surface area (TPSA) is 80.5 Å². The van der Waals surface area contributed by atoms with Crippen LogP contribution in [0.25, 0.3) is 0 Å². The Labute approximate surface area is 188 Å². The summed E-state index contributed by atoms with van der Waals surface area (Å²) in [6.45, 7) is 3.78. The average molecular weight is 510 g/mol. The van der Waals surface area contributed by atoms with Crippen LogP contribution < -0.4 is 4.31 Å². The molecule has 156 valence electrons. The molecule has 0 aliphatic heterocycles. The molecule has 3 aromatic rings. The number of nitro groups is 1. The van der Waals surface area contributed by atoms with Crippen LogP contribution in [0.4, 0.5) is 11.4 Å². The van der Waals surface area contributed by atoms with E-state index in [0.29, 0.717) is 5.69 Å². The van der Waals surface area contributed by atoms with Crippen LogP contribution in [0.3, 0.4) is 0 Å². The van der Waals surface area contributed by atoms with Crippen LogP contribution in [0, 0.1) is 24.0 Å². The van der Waals surface area contributed by atoms with Gasteiger partial charge in [-0.05, 0) is 49.2 Å². The SMILES string of the molecule is Cc1ccc(N(Cc2ccc(Br)cc2)S(=O)(=O)c2cc([N+](=O)[O-])ccc2Cl)c(C)c1. The second kappa shape index (κ2) is 8.75. The Morgan fingerprint density at radius 2 is 1.70 bits per heavy atom. The van der Waals surface area contributed by atoms with Gasteiger partial charge < -0.3 is 0 Å². The maximum atomic E-state index is 13.6. The molecule has 0 saturated carbocycles. The lowest BCUT2D eigenvalue weighted by atomic mass is 10.1. The Kier molecular flexibility index (Phi) is 6.50. The van der Waals surface area contributed by atoms with Crippen molar-refractivity contribution in [3.8, 4) is 0 Å². The van der Waals surface area contributed by atoms with Gasteiger partial charge in [-0.1, -0.05) is 57.4 Å². The van der Waals surface area contributed by atoms with Gasteiger partial charge in [-0.15, -0.1) is 0 Å². The van der Waals surface area contributed by atoms with E-state index in [4.69, 9.17) is 11.6 Å². The normalized spacial score (nSPS) is 11.3. The van der Waals surface area contributed by atoms with Crippen LogP contribution in [-0.4, -0.2) is 13.3 Å². The van der Waals surface area contributed by atoms with Crippen molar-refractivity contribution in [2.75, 3.05) is 4.31 Å². The van der Waals surface area contributed by atoms with Crippen LogP contribution in [0.15, 0.2) is 70.0 Å². The summed E-state index contributed by atoms with van der Waals surface area (Å²) in [6.07, 6.45) is 0. The molecule has 0 amide bonds. The fraction of sp³-hybridized carbons (Fsp3) is 0.143. The lowest BCUT2D eigenvalue weighted by molar-refractivity contribution is -0.385. The average Bonchev–Trinajstić information content (AvgIpc) is 2.68. The zero-order chi connectivity index (χ0) is 22.1. The highest BCUT2D eigenvalue weighted by Crippen LogP contribution is 2.34. The summed E-state index contributed by atoms with van der Waals surface area (Å²) < 4.78 is 29.4. The van der Waals surface area contributed by atoms with E-state index in [-0.39, 0.29) is 22.2 Å². The third-order valence-electron chi connectivity index (χ3n) is 4.55. The predicted molar refractivity (Wildman–Crippen MR) is 122 cm³/mol. The minimum atomic E-state index is -4.20. The van der Waals surface area contributed by atoms with Crippen molar-refractivity contribution < 1.29 is 13.3 Å². The monoisotopic (exact) mass is 508 g/mol. The Morgan fingerprint density at radius 3 is 2.30 bits per heavy atom. The molecule has 0 aliphatic carbocycles. The molecule has 30 heavy (non-hydrogen) atoms. The number of anilines is 1. The number of halogens is 2. The van der Waals surface area contributed by atoms with Crippen LogP contribution >= 0.6 is 27.5 Å². The van der Waals surface area contributed by atoms with Gasteiger partial charge in [0.2, 0.25) is 0 Å². The Balaban J connectivity index is 2.19. The van der Waals surface area contributed by atoms with E-state index in [2.05, 4.69) is 15.9 Å². The van der Waals surface area contributed by atoms with Gasteiger partial charge in [0.05, 0.1) is 22.2 Å². The van der Waals surface area contributed by atoms with E-state index in [1.54, 1.807) is 6.07 Å². The van der Waals surface area contributed by atoms with Gasteiger partial charge in [0, 0.05) is 16.6 Å². The molecule has 0 unspecified atom stereocenters. The first-order chi connectivity index (χ1) is 14.1. The highest BCUT2D eigenvalue weighted by Gasteiger charge is 2.30. The number of nitrogens with zero attached hydrogens (tertiary/aromatic N) is 2. The Bertz CT molecular complexity index is 1210. The highest BCUT2D eigenvalue weighted by atomic mass is 79.9. The molecule has 0 bridgehead atoms. The minimum absolute atomic E-state index is 0.0402. The summed E-state index contributed by atoms with van der Waals surface area (Å²) in [5.41, 5.74) is 2.64. The summed E-state index contributed by atoms with van der Waals surface area (Å²) in [5, 5.41) is 11.1. The maximum Gasteiger partial charge on any atom is 0.270 e. The molecule has 0 heterocycles. The third kappa shape index (κ3) is 4.66. The zero-order valence-electron chi connectivity index (χ0n) is 16.2. The number of rotatable bonds is 6. The Hall–Kier alpha value is -2.42. The zero-order valence-corrected chi connectivity index (χ0v) is 19.3. The van der Waals surface area contributed by atoms with Crippen molar-refractivity contribution in [2.45, 2.75) is 25.3 Å². The van der Waals surface area contributed by atoms with E-state index in [9.17, 15) is 18.5 Å². The molecule has 9 heteroatoms. The van der Waals surface area contributed by atoms with Gasteiger partial charge in [-0.3, -0.25) is 14.4 Å². The van der Waals surface area contributed by atoms with Gasteiger partial charge in [0.15, 0.2) is 0 Å². The summed E-state index contributed by atoms with van der Waals surface area (Å²) in [7, 11) is -4.20. The van der Waals surface area contributed by atoms with E-state index >= 15 is 0 Å². The molecular formula is C21H18BrClN2O4S. The van der Waals surface area contributed by atoms with Crippen LogP contribution in [0.1, 0.15) is 16.7 Å². The minimum Gasteiger partial charge on any atom is -0.262 e.